The van der Waals surface area contributed by atoms with Crippen LogP contribution in [-0.4, -0.2) is 55.8 Å². The maximum Gasteiger partial charge on any atom is 0.358 e. The molecule has 0 spiro atoms. The van der Waals surface area contributed by atoms with Crippen molar-refractivity contribution >= 4 is 29.3 Å². The Hall–Kier alpha value is -1.86. The Labute approximate surface area is 139 Å². The second-order valence-electron chi connectivity index (χ2n) is 5.44. The van der Waals surface area contributed by atoms with E-state index in [-0.39, 0.29) is 16.7 Å². The summed E-state index contributed by atoms with van der Waals surface area (Å²) in [5.74, 6) is -0.273. The Balaban J connectivity index is 1.93. The number of esters is 1. The number of rotatable bonds is 4. The Kier molecular flexibility index (Phi) is 6.18. The zero-order valence-corrected chi connectivity index (χ0v) is 13.9. The van der Waals surface area contributed by atoms with Crippen molar-refractivity contribution in [2.75, 3.05) is 39.2 Å². The van der Waals surface area contributed by atoms with Crippen molar-refractivity contribution in [2.45, 2.75) is 12.8 Å². The van der Waals surface area contributed by atoms with Crippen LogP contribution in [0, 0.1) is 5.92 Å². The molecule has 2 heterocycles. The molecule has 1 atom stereocenters. The van der Waals surface area contributed by atoms with Crippen molar-refractivity contribution in [1.82, 2.24) is 9.88 Å². The van der Waals surface area contributed by atoms with Gasteiger partial charge in [-0.15, -0.1) is 0 Å². The van der Waals surface area contributed by atoms with Crippen LogP contribution in [0.3, 0.4) is 0 Å². The summed E-state index contributed by atoms with van der Waals surface area (Å²) in [5, 5.41) is 2.83. The molecule has 1 aromatic rings. The van der Waals surface area contributed by atoms with Crippen molar-refractivity contribution in [1.29, 1.82) is 0 Å². The van der Waals surface area contributed by atoms with Crippen LogP contribution in [0.4, 0.5) is 10.5 Å². The quantitative estimate of drug-likeness (QED) is 0.850. The minimum atomic E-state index is -0.623. The number of anilines is 1. The van der Waals surface area contributed by atoms with Gasteiger partial charge in [0.05, 0.1) is 30.6 Å². The van der Waals surface area contributed by atoms with Gasteiger partial charge in [-0.3, -0.25) is 0 Å². The third-order valence-electron chi connectivity index (χ3n) is 3.60. The number of ether oxygens (including phenoxy) is 2. The predicted octanol–water partition coefficient (Wildman–Crippen LogP) is 2.41. The van der Waals surface area contributed by atoms with Crippen LogP contribution >= 0.6 is 11.6 Å². The molecule has 7 nitrogen and oxygen atoms in total. The van der Waals surface area contributed by atoms with Crippen LogP contribution in [0.5, 0.6) is 0 Å². The van der Waals surface area contributed by atoms with E-state index in [0.29, 0.717) is 24.8 Å². The standard InChI is InChI=1S/C15H20ClN3O4/c1-19(8-10-4-3-5-23-9-10)15(21)18-11-6-12(16)13(17-7-11)14(20)22-2/h6-7,10H,3-5,8-9H2,1-2H3,(H,18,21)/t10-/m1/s1. The fraction of sp³-hybridized carbons (Fsp3) is 0.533. The van der Waals surface area contributed by atoms with Crippen LogP contribution in [0.25, 0.3) is 0 Å². The highest BCUT2D eigenvalue weighted by Crippen LogP contribution is 2.20. The molecule has 2 rings (SSSR count). The van der Waals surface area contributed by atoms with E-state index in [1.54, 1.807) is 11.9 Å². The van der Waals surface area contributed by atoms with Gasteiger partial charge in [0.2, 0.25) is 0 Å². The Morgan fingerprint density at radius 3 is 2.96 bits per heavy atom. The summed E-state index contributed by atoms with van der Waals surface area (Å²) in [6.45, 7) is 2.09. The zero-order valence-electron chi connectivity index (χ0n) is 13.2. The van der Waals surface area contributed by atoms with E-state index in [9.17, 15) is 9.59 Å². The number of carbonyl (C=O) groups is 2. The molecule has 1 aromatic heterocycles. The summed E-state index contributed by atoms with van der Waals surface area (Å²) in [5.41, 5.74) is 0.430. The molecule has 0 bridgehead atoms. The molecule has 1 N–H and O–H groups in total. The predicted molar refractivity (Wildman–Crippen MR) is 85.8 cm³/mol. The number of carbonyl (C=O) groups excluding carboxylic acids is 2. The second-order valence-corrected chi connectivity index (χ2v) is 5.85. The number of methoxy groups -OCH3 is 1. The van der Waals surface area contributed by atoms with Gasteiger partial charge in [0, 0.05) is 26.1 Å². The minimum Gasteiger partial charge on any atom is -0.464 e. The number of pyridine rings is 1. The van der Waals surface area contributed by atoms with Gasteiger partial charge in [-0.25, -0.2) is 14.6 Å². The number of hydrogen-bond acceptors (Lipinski definition) is 5. The van der Waals surface area contributed by atoms with Gasteiger partial charge in [0.25, 0.3) is 0 Å². The summed E-state index contributed by atoms with van der Waals surface area (Å²) in [6, 6.07) is 1.20. The van der Waals surface area contributed by atoms with Gasteiger partial charge in [0.15, 0.2) is 5.69 Å². The van der Waals surface area contributed by atoms with Crippen LogP contribution in [0.15, 0.2) is 12.3 Å². The lowest BCUT2D eigenvalue weighted by Gasteiger charge is -2.27. The van der Waals surface area contributed by atoms with Crippen molar-refractivity contribution in [3.8, 4) is 0 Å². The van der Waals surface area contributed by atoms with Gasteiger partial charge >= 0.3 is 12.0 Å². The van der Waals surface area contributed by atoms with Gasteiger partial charge in [-0.2, -0.15) is 0 Å². The summed E-state index contributed by atoms with van der Waals surface area (Å²) in [4.78, 5) is 29.1. The van der Waals surface area contributed by atoms with E-state index >= 15 is 0 Å². The molecule has 0 aromatic carbocycles. The third-order valence-corrected chi connectivity index (χ3v) is 3.89. The maximum absolute atomic E-state index is 12.2. The average molecular weight is 342 g/mol. The Morgan fingerprint density at radius 1 is 1.57 bits per heavy atom. The number of hydrogen-bond donors (Lipinski definition) is 1. The smallest absolute Gasteiger partial charge is 0.358 e. The number of urea groups is 1. The number of nitrogens with one attached hydrogen (secondary N) is 1. The zero-order chi connectivity index (χ0) is 16.8. The summed E-state index contributed by atoms with van der Waals surface area (Å²) >= 11 is 5.98. The number of halogens is 1. The second kappa shape index (κ2) is 8.12. The lowest BCUT2D eigenvalue weighted by molar-refractivity contribution is 0.0464. The van der Waals surface area contributed by atoms with Crippen molar-refractivity contribution < 1.29 is 19.1 Å². The molecule has 8 heteroatoms. The lowest BCUT2D eigenvalue weighted by atomic mass is 10.0. The average Bonchev–Trinajstić information content (AvgIpc) is 2.55. The molecule has 1 aliphatic rings. The minimum absolute atomic E-state index is 0.0138. The molecule has 2 amide bonds. The fourth-order valence-corrected chi connectivity index (χ4v) is 2.64. The van der Waals surface area contributed by atoms with Crippen LogP contribution in [0.2, 0.25) is 5.02 Å². The van der Waals surface area contributed by atoms with E-state index in [0.717, 1.165) is 19.4 Å². The van der Waals surface area contributed by atoms with Crippen molar-refractivity contribution in [3.63, 3.8) is 0 Å². The first kappa shape index (κ1) is 17.5. The van der Waals surface area contributed by atoms with Gasteiger partial charge in [-0.1, -0.05) is 11.6 Å². The first-order chi connectivity index (χ1) is 11.0. The SMILES string of the molecule is COC(=O)c1ncc(NC(=O)N(C)C[C@H]2CCCOC2)cc1Cl. The summed E-state index contributed by atoms with van der Waals surface area (Å²) in [7, 11) is 2.97. The molecule has 0 aliphatic carbocycles. The van der Waals surface area contributed by atoms with E-state index < -0.39 is 5.97 Å². The fourth-order valence-electron chi connectivity index (χ4n) is 2.39. The monoisotopic (exact) mass is 341 g/mol. The Bertz CT molecular complexity index is 576. The molecule has 1 saturated heterocycles. The van der Waals surface area contributed by atoms with Gasteiger partial charge < -0.3 is 19.7 Å². The third kappa shape index (κ3) is 4.80. The molecular formula is C15H20ClN3O4. The van der Waals surface area contributed by atoms with Crippen molar-refractivity contribution in [3.05, 3.63) is 23.0 Å². The normalized spacial score (nSPS) is 17.4. The molecule has 0 saturated carbocycles. The molecule has 0 unspecified atom stereocenters. The highest BCUT2D eigenvalue weighted by molar-refractivity contribution is 6.33. The van der Waals surface area contributed by atoms with Crippen molar-refractivity contribution in [2.24, 2.45) is 5.92 Å². The highest BCUT2D eigenvalue weighted by Gasteiger charge is 2.19. The molecule has 1 fully saturated rings. The number of nitrogens with zero attached hydrogens (tertiary/aromatic N) is 2. The lowest BCUT2D eigenvalue weighted by Crippen LogP contribution is -2.37. The first-order valence-electron chi connectivity index (χ1n) is 7.35. The van der Waals surface area contributed by atoms with E-state index in [2.05, 4.69) is 15.0 Å². The topological polar surface area (TPSA) is 80.8 Å². The van der Waals surface area contributed by atoms with Gasteiger partial charge in [0.1, 0.15) is 0 Å². The largest absolute Gasteiger partial charge is 0.464 e. The van der Waals surface area contributed by atoms with Crippen LogP contribution < -0.4 is 5.32 Å². The number of aromatic nitrogens is 1. The molecule has 126 valence electrons. The first-order valence-corrected chi connectivity index (χ1v) is 7.72. The highest BCUT2D eigenvalue weighted by atomic mass is 35.5. The van der Waals surface area contributed by atoms with E-state index in [1.165, 1.54) is 19.4 Å². The summed E-state index contributed by atoms with van der Waals surface area (Å²) in [6.07, 6.45) is 3.45. The summed E-state index contributed by atoms with van der Waals surface area (Å²) < 4.78 is 9.98. The number of amides is 2. The van der Waals surface area contributed by atoms with Crippen LogP contribution in [-0.2, 0) is 9.47 Å². The molecular weight excluding hydrogens is 322 g/mol. The molecule has 0 radical (unpaired) electrons. The van der Waals surface area contributed by atoms with Gasteiger partial charge in [-0.05, 0) is 18.9 Å². The Morgan fingerprint density at radius 2 is 2.35 bits per heavy atom. The maximum atomic E-state index is 12.2. The van der Waals surface area contributed by atoms with E-state index in [1.807, 2.05) is 0 Å². The molecule has 1 aliphatic heterocycles. The van der Waals surface area contributed by atoms with E-state index in [4.69, 9.17) is 16.3 Å². The molecule has 23 heavy (non-hydrogen) atoms. The van der Waals surface area contributed by atoms with Crippen LogP contribution in [0.1, 0.15) is 23.3 Å².